The molecule has 0 atom stereocenters. The molecular formula is C38H26N4O7. The van der Waals surface area contributed by atoms with E-state index in [1.807, 2.05) is 31.2 Å². The molecule has 0 aliphatic carbocycles. The first-order valence-electron chi connectivity index (χ1n) is 15.1. The van der Waals surface area contributed by atoms with Crippen LogP contribution < -0.4 is 20.3 Å². The lowest BCUT2D eigenvalue weighted by atomic mass is 10.1. The van der Waals surface area contributed by atoms with Crippen LogP contribution in [0.15, 0.2) is 109 Å². The molecule has 2 aliphatic rings. The zero-order valence-corrected chi connectivity index (χ0v) is 26.1. The molecule has 5 aromatic carbocycles. The van der Waals surface area contributed by atoms with Crippen molar-refractivity contribution >= 4 is 52.5 Å². The predicted molar refractivity (Wildman–Crippen MR) is 180 cm³/mol. The van der Waals surface area contributed by atoms with Gasteiger partial charge in [-0.3, -0.25) is 33.7 Å². The van der Waals surface area contributed by atoms with Crippen LogP contribution in [-0.4, -0.2) is 47.4 Å². The van der Waals surface area contributed by atoms with E-state index in [0.29, 0.717) is 17.2 Å². The second-order valence-electron chi connectivity index (χ2n) is 11.5. The second kappa shape index (κ2) is 12.0. The maximum atomic E-state index is 13.5. The fourth-order valence-electron chi connectivity index (χ4n) is 5.60. The average molecular weight is 651 g/mol. The Balaban J connectivity index is 1.04. The number of hydrogen-bond donors (Lipinski definition) is 2. The standard InChI is InChI=1S/C38H26N4O7/c1-21-6-12-27(13-7-21)49-28-14-10-24(11-15-28)39-33(43)23-9-17-30-32(19-23)38(48)42(37(30)47)26-5-3-4-25(20-26)40-34(44)22-8-16-29-31(18-22)36(46)41(2)35(29)45/h3-20H,1-2H3,(H,39,43)(H,40,44). The molecule has 2 aliphatic heterocycles. The Kier molecular flexibility index (Phi) is 7.56. The summed E-state index contributed by atoms with van der Waals surface area (Å²) in [5.74, 6) is -1.88. The van der Waals surface area contributed by atoms with Crippen molar-refractivity contribution in [1.29, 1.82) is 0 Å². The lowest BCUT2D eigenvalue weighted by Crippen LogP contribution is -2.29. The quantitative estimate of drug-likeness (QED) is 0.196. The smallest absolute Gasteiger partial charge is 0.266 e. The van der Waals surface area contributed by atoms with E-state index in [1.165, 1.54) is 49.5 Å². The van der Waals surface area contributed by atoms with Crippen LogP contribution in [0.1, 0.15) is 67.7 Å². The molecule has 0 aromatic heterocycles. The Morgan fingerprint density at radius 2 is 1.06 bits per heavy atom. The highest BCUT2D eigenvalue weighted by Gasteiger charge is 2.37. The van der Waals surface area contributed by atoms with Crippen LogP contribution >= 0.6 is 0 Å². The average Bonchev–Trinajstić information content (AvgIpc) is 3.49. The van der Waals surface area contributed by atoms with E-state index in [0.717, 1.165) is 15.4 Å². The number of carbonyl (C=O) groups is 6. The number of aryl methyl sites for hydroxylation is 1. The largest absolute Gasteiger partial charge is 0.457 e. The summed E-state index contributed by atoms with van der Waals surface area (Å²) in [4.78, 5) is 79.5. The van der Waals surface area contributed by atoms with E-state index in [9.17, 15) is 28.8 Å². The molecule has 0 bridgehead atoms. The Labute approximate surface area is 279 Å². The number of nitrogens with zero attached hydrogens (tertiary/aromatic N) is 2. The molecule has 6 amide bonds. The molecule has 0 spiro atoms. The second-order valence-corrected chi connectivity index (χ2v) is 11.5. The molecule has 11 nitrogen and oxygen atoms in total. The highest BCUT2D eigenvalue weighted by molar-refractivity contribution is 6.35. The van der Waals surface area contributed by atoms with Crippen molar-refractivity contribution < 1.29 is 33.5 Å². The van der Waals surface area contributed by atoms with Gasteiger partial charge in [0.25, 0.3) is 35.4 Å². The van der Waals surface area contributed by atoms with Crippen molar-refractivity contribution in [2.75, 3.05) is 22.6 Å². The Morgan fingerprint density at radius 1 is 0.551 bits per heavy atom. The van der Waals surface area contributed by atoms with E-state index in [-0.39, 0.29) is 44.8 Å². The number of imide groups is 2. The van der Waals surface area contributed by atoms with Crippen molar-refractivity contribution in [2.45, 2.75) is 6.92 Å². The third-order valence-corrected chi connectivity index (χ3v) is 8.23. The molecule has 5 aromatic rings. The van der Waals surface area contributed by atoms with Gasteiger partial charge < -0.3 is 15.4 Å². The SMILES string of the molecule is Cc1ccc(Oc2ccc(NC(=O)c3ccc4c(c3)C(=O)N(c3cccc(NC(=O)c5ccc6c(c5)C(=O)N(C)C6=O)c3)C4=O)cc2)cc1. The molecule has 240 valence electrons. The fraction of sp³-hybridized carbons (Fsp3) is 0.0526. The molecule has 2 N–H and O–H groups in total. The first kappa shape index (κ1) is 30.8. The van der Waals surface area contributed by atoms with Gasteiger partial charge in [0, 0.05) is 29.5 Å². The minimum absolute atomic E-state index is 0.0660. The summed E-state index contributed by atoms with van der Waals surface area (Å²) < 4.78 is 5.84. The van der Waals surface area contributed by atoms with E-state index in [2.05, 4.69) is 10.6 Å². The van der Waals surface area contributed by atoms with Crippen LogP contribution in [0, 0.1) is 6.92 Å². The highest BCUT2D eigenvalue weighted by atomic mass is 16.5. The van der Waals surface area contributed by atoms with Gasteiger partial charge in [-0.05, 0) is 97.9 Å². The van der Waals surface area contributed by atoms with Crippen molar-refractivity contribution in [2.24, 2.45) is 0 Å². The lowest BCUT2D eigenvalue weighted by Gasteiger charge is -2.15. The van der Waals surface area contributed by atoms with Gasteiger partial charge in [-0.15, -0.1) is 0 Å². The number of rotatable bonds is 7. The number of fused-ring (bicyclic) bond motifs is 2. The highest BCUT2D eigenvalue weighted by Crippen LogP contribution is 2.32. The number of amides is 6. The van der Waals surface area contributed by atoms with Crippen LogP contribution in [0.2, 0.25) is 0 Å². The normalized spacial score (nSPS) is 13.3. The monoisotopic (exact) mass is 650 g/mol. The van der Waals surface area contributed by atoms with Gasteiger partial charge in [0.2, 0.25) is 0 Å². The van der Waals surface area contributed by atoms with E-state index in [4.69, 9.17) is 4.74 Å². The number of benzene rings is 5. The third-order valence-electron chi connectivity index (χ3n) is 8.23. The number of ether oxygens (including phenoxy) is 1. The van der Waals surface area contributed by atoms with Gasteiger partial charge in [-0.25, -0.2) is 4.90 Å². The molecule has 49 heavy (non-hydrogen) atoms. The molecular weight excluding hydrogens is 624 g/mol. The molecule has 0 fully saturated rings. The van der Waals surface area contributed by atoms with Crippen LogP contribution in [0.25, 0.3) is 0 Å². The van der Waals surface area contributed by atoms with Crippen LogP contribution in [0.4, 0.5) is 17.1 Å². The van der Waals surface area contributed by atoms with Gasteiger partial charge in [0.1, 0.15) is 11.5 Å². The molecule has 0 radical (unpaired) electrons. The summed E-state index contributed by atoms with van der Waals surface area (Å²) in [5, 5.41) is 5.50. The summed E-state index contributed by atoms with van der Waals surface area (Å²) in [6.07, 6.45) is 0. The Bertz CT molecular complexity index is 2240. The van der Waals surface area contributed by atoms with Crippen molar-refractivity contribution in [1.82, 2.24) is 4.90 Å². The van der Waals surface area contributed by atoms with E-state index < -0.39 is 35.4 Å². The summed E-state index contributed by atoms with van der Waals surface area (Å²) in [7, 11) is 1.37. The molecule has 7 rings (SSSR count). The Morgan fingerprint density at radius 3 is 1.69 bits per heavy atom. The van der Waals surface area contributed by atoms with Gasteiger partial charge in [-0.1, -0.05) is 23.8 Å². The topological polar surface area (TPSA) is 142 Å². The number of anilines is 3. The minimum atomic E-state index is -0.623. The van der Waals surface area contributed by atoms with E-state index in [1.54, 1.807) is 42.5 Å². The molecule has 2 heterocycles. The number of hydrogen-bond acceptors (Lipinski definition) is 7. The van der Waals surface area contributed by atoms with Crippen molar-refractivity contribution in [3.63, 3.8) is 0 Å². The summed E-state index contributed by atoms with van der Waals surface area (Å²) in [6.45, 7) is 1.99. The van der Waals surface area contributed by atoms with Crippen molar-refractivity contribution in [3.8, 4) is 11.5 Å². The number of nitrogens with one attached hydrogen (secondary N) is 2. The number of carbonyl (C=O) groups excluding carboxylic acids is 6. The summed E-state index contributed by atoms with van der Waals surface area (Å²) in [5.41, 5.74) is 3.01. The molecule has 0 saturated carbocycles. The maximum Gasteiger partial charge on any atom is 0.266 e. The lowest BCUT2D eigenvalue weighted by molar-refractivity contribution is 0.0691. The first-order valence-corrected chi connectivity index (χ1v) is 15.1. The van der Waals surface area contributed by atoms with Crippen LogP contribution in [0.3, 0.4) is 0 Å². The van der Waals surface area contributed by atoms with Gasteiger partial charge in [0.15, 0.2) is 0 Å². The maximum absolute atomic E-state index is 13.5. The summed E-state index contributed by atoms with van der Waals surface area (Å²) >= 11 is 0. The van der Waals surface area contributed by atoms with Crippen molar-refractivity contribution in [3.05, 3.63) is 148 Å². The molecule has 0 unspecified atom stereocenters. The van der Waals surface area contributed by atoms with Gasteiger partial charge >= 0.3 is 0 Å². The Hall–Kier alpha value is -6.88. The van der Waals surface area contributed by atoms with Gasteiger partial charge in [-0.2, -0.15) is 0 Å². The zero-order chi connectivity index (χ0) is 34.4. The zero-order valence-electron chi connectivity index (χ0n) is 26.1. The minimum Gasteiger partial charge on any atom is -0.457 e. The fourth-order valence-corrected chi connectivity index (χ4v) is 5.60. The predicted octanol–water partition coefficient (Wildman–Crippen LogP) is 6.32. The first-order chi connectivity index (χ1) is 23.6. The third kappa shape index (κ3) is 5.69. The van der Waals surface area contributed by atoms with Crippen LogP contribution in [0.5, 0.6) is 11.5 Å². The van der Waals surface area contributed by atoms with Gasteiger partial charge in [0.05, 0.1) is 27.9 Å². The summed E-state index contributed by atoms with van der Waals surface area (Å²) in [6, 6.07) is 29.1. The van der Waals surface area contributed by atoms with Crippen LogP contribution in [-0.2, 0) is 0 Å². The van der Waals surface area contributed by atoms with E-state index >= 15 is 0 Å². The molecule has 11 heteroatoms. The molecule has 0 saturated heterocycles.